The first-order valence-electron chi connectivity index (χ1n) is 7.14. The van der Waals surface area contributed by atoms with Gasteiger partial charge >= 0.3 is 0 Å². The van der Waals surface area contributed by atoms with Crippen LogP contribution in [0.5, 0.6) is 5.88 Å². The Morgan fingerprint density at radius 1 is 1.19 bits per heavy atom. The van der Waals surface area contributed by atoms with Crippen LogP contribution in [0.4, 0.5) is 5.95 Å². The van der Waals surface area contributed by atoms with E-state index in [1.54, 1.807) is 12.3 Å². The average Bonchev–Trinajstić information content (AvgIpc) is 2.54. The van der Waals surface area contributed by atoms with E-state index in [-0.39, 0.29) is 0 Å². The van der Waals surface area contributed by atoms with Gasteiger partial charge in [0, 0.05) is 31.2 Å². The monoisotopic (exact) mass is 305 g/mol. The van der Waals surface area contributed by atoms with Crippen LogP contribution in [-0.4, -0.2) is 29.0 Å². The van der Waals surface area contributed by atoms with E-state index in [2.05, 4.69) is 33.9 Å². The van der Waals surface area contributed by atoms with E-state index >= 15 is 0 Å². The highest BCUT2D eigenvalue weighted by Crippen LogP contribution is 2.16. The maximum atomic E-state index is 5.91. The van der Waals surface area contributed by atoms with E-state index in [1.807, 2.05) is 18.2 Å². The second-order valence-electron chi connectivity index (χ2n) is 4.64. The molecule has 0 aliphatic rings. The Morgan fingerprint density at radius 2 is 2.00 bits per heavy atom. The van der Waals surface area contributed by atoms with Gasteiger partial charge in [0.05, 0.1) is 6.61 Å². The Balaban J connectivity index is 2.13. The highest BCUT2D eigenvalue weighted by molar-refractivity contribution is 6.18. The molecule has 2 aromatic rings. The molecule has 1 heterocycles. The Kier molecular flexibility index (Phi) is 6.28. The molecule has 2 rings (SSSR count). The summed E-state index contributed by atoms with van der Waals surface area (Å²) in [6.45, 7) is 4.14. The first kappa shape index (κ1) is 15.6. The summed E-state index contributed by atoms with van der Waals surface area (Å²) in [5.74, 6) is 1.78. The molecule has 0 saturated heterocycles. The molecule has 112 valence electrons. The van der Waals surface area contributed by atoms with Gasteiger partial charge in [-0.15, -0.1) is 11.6 Å². The van der Waals surface area contributed by atoms with Gasteiger partial charge < -0.3 is 9.64 Å². The van der Waals surface area contributed by atoms with Crippen molar-refractivity contribution in [3.05, 3.63) is 48.2 Å². The molecule has 0 aliphatic carbocycles. The van der Waals surface area contributed by atoms with E-state index in [0.717, 1.165) is 13.0 Å². The van der Waals surface area contributed by atoms with Crippen LogP contribution < -0.4 is 9.64 Å². The van der Waals surface area contributed by atoms with Gasteiger partial charge in [0.15, 0.2) is 0 Å². The van der Waals surface area contributed by atoms with Crippen LogP contribution in [0.25, 0.3) is 0 Å². The third-order valence-electron chi connectivity index (χ3n) is 2.92. The molecule has 1 aromatic carbocycles. The molecule has 0 aliphatic heterocycles. The summed E-state index contributed by atoms with van der Waals surface area (Å²) in [7, 11) is 0. The van der Waals surface area contributed by atoms with E-state index in [1.165, 1.54) is 5.56 Å². The smallest absolute Gasteiger partial charge is 0.228 e. The zero-order chi connectivity index (χ0) is 14.9. The molecule has 0 amide bonds. The van der Waals surface area contributed by atoms with E-state index < -0.39 is 0 Å². The molecule has 0 unspecified atom stereocenters. The number of halogens is 1. The summed E-state index contributed by atoms with van der Waals surface area (Å²) >= 11 is 5.91. The molecule has 0 spiro atoms. The van der Waals surface area contributed by atoms with E-state index in [0.29, 0.717) is 30.9 Å². The third kappa shape index (κ3) is 4.90. The van der Waals surface area contributed by atoms with Crippen molar-refractivity contribution in [2.45, 2.75) is 19.9 Å². The summed E-state index contributed by atoms with van der Waals surface area (Å²) in [6, 6.07) is 12.0. The molecule has 5 heteroatoms. The van der Waals surface area contributed by atoms with Crippen LogP contribution in [0.3, 0.4) is 0 Å². The summed E-state index contributed by atoms with van der Waals surface area (Å²) in [5.41, 5.74) is 1.20. The quantitative estimate of drug-likeness (QED) is 0.700. The fraction of sp³-hybridized carbons (Fsp3) is 0.375. The third-order valence-corrected chi connectivity index (χ3v) is 3.09. The molecule has 0 bridgehead atoms. The van der Waals surface area contributed by atoms with Crippen molar-refractivity contribution in [2.24, 2.45) is 0 Å². The lowest BCUT2D eigenvalue weighted by atomic mass is 10.2. The van der Waals surface area contributed by atoms with Crippen molar-refractivity contribution in [2.75, 3.05) is 23.9 Å². The van der Waals surface area contributed by atoms with E-state index in [4.69, 9.17) is 16.3 Å². The zero-order valence-corrected chi connectivity index (χ0v) is 13.0. The summed E-state index contributed by atoms with van der Waals surface area (Å²) in [6.07, 6.45) is 2.67. The zero-order valence-electron chi connectivity index (χ0n) is 12.2. The molecule has 0 radical (unpaired) electrons. The summed E-state index contributed by atoms with van der Waals surface area (Å²) < 4.78 is 5.56. The summed E-state index contributed by atoms with van der Waals surface area (Å²) in [4.78, 5) is 10.9. The maximum Gasteiger partial charge on any atom is 0.228 e. The molecule has 0 N–H and O–H groups in total. The Hall–Kier alpha value is -1.81. The minimum atomic E-state index is 0.524. The number of nitrogens with zero attached hydrogens (tertiary/aromatic N) is 3. The summed E-state index contributed by atoms with van der Waals surface area (Å²) in [5, 5.41) is 0. The minimum Gasteiger partial charge on any atom is -0.478 e. The van der Waals surface area contributed by atoms with Crippen LogP contribution in [0, 0.1) is 0 Å². The number of aromatic nitrogens is 2. The van der Waals surface area contributed by atoms with Gasteiger partial charge in [-0.2, -0.15) is 4.98 Å². The Bertz CT molecular complexity index is 536. The number of rotatable bonds is 8. The van der Waals surface area contributed by atoms with Crippen LogP contribution in [0.15, 0.2) is 42.6 Å². The van der Waals surface area contributed by atoms with Crippen molar-refractivity contribution in [3.63, 3.8) is 0 Å². The SMILES string of the molecule is CCCOc1ccnc(N(CCCl)Cc2ccccc2)n1. The largest absolute Gasteiger partial charge is 0.478 e. The van der Waals surface area contributed by atoms with Crippen molar-refractivity contribution in [1.29, 1.82) is 0 Å². The normalized spacial score (nSPS) is 10.4. The van der Waals surface area contributed by atoms with Crippen LogP contribution >= 0.6 is 11.6 Å². The van der Waals surface area contributed by atoms with Gasteiger partial charge in [-0.1, -0.05) is 37.3 Å². The van der Waals surface area contributed by atoms with Crippen molar-refractivity contribution in [1.82, 2.24) is 9.97 Å². The molecule has 0 fully saturated rings. The van der Waals surface area contributed by atoms with Gasteiger partial charge in [-0.3, -0.25) is 0 Å². The first-order valence-corrected chi connectivity index (χ1v) is 7.67. The molecule has 1 aromatic heterocycles. The van der Waals surface area contributed by atoms with Gasteiger partial charge in [0.25, 0.3) is 0 Å². The van der Waals surface area contributed by atoms with Crippen molar-refractivity contribution < 1.29 is 4.74 Å². The lowest BCUT2D eigenvalue weighted by Crippen LogP contribution is -2.26. The molecule has 0 atom stereocenters. The van der Waals surface area contributed by atoms with Crippen LogP contribution in [0.1, 0.15) is 18.9 Å². The number of hydrogen-bond donors (Lipinski definition) is 0. The predicted octanol–water partition coefficient (Wildman–Crippen LogP) is 3.51. The predicted molar refractivity (Wildman–Crippen MR) is 86.0 cm³/mol. The van der Waals surface area contributed by atoms with Gasteiger partial charge in [-0.05, 0) is 12.0 Å². The Labute approximate surface area is 130 Å². The molecular weight excluding hydrogens is 286 g/mol. The van der Waals surface area contributed by atoms with Gasteiger partial charge in [-0.25, -0.2) is 4.98 Å². The van der Waals surface area contributed by atoms with Crippen molar-refractivity contribution >= 4 is 17.5 Å². The average molecular weight is 306 g/mol. The number of anilines is 1. The minimum absolute atomic E-state index is 0.524. The second-order valence-corrected chi connectivity index (χ2v) is 5.02. The number of hydrogen-bond acceptors (Lipinski definition) is 4. The van der Waals surface area contributed by atoms with Gasteiger partial charge in [0.2, 0.25) is 11.8 Å². The standard InChI is InChI=1S/C16H20ClN3O/c1-2-12-21-15-8-10-18-16(19-15)20(11-9-17)13-14-6-4-3-5-7-14/h3-8,10H,2,9,11-13H2,1H3. The Morgan fingerprint density at radius 3 is 2.71 bits per heavy atom. The highest BCUT2D eigenvalue weighted by atomic mass is 35.5. The van der Waals surface area contributed by atoms with Crippen LogP contribution in [0.2, 0.25) is 0 Å². The lowest BCUT2D eigenvalue weighted by molar-refractivity contribution is 0.304. The number of ether oxygens (including phenoxy) is 1. The second kappa shape index (κ2) is 8.47. The number of alkyl halides is 1. The van der Waals surface area contributed by atoms with Crippen molar-refractivity contribution in [3.8, 4) is 5.88 Å². The molecule has 0 saturated carbocycles. The maximum absolute atomic E-state index is 5.91. The molecule has 4 nitrogen and oxygen atoms in total. The highest BCUT2D eigenvalue weighted by Gasteiger charge is 2.11. The van der Waals surface area contributed by atoms with Gasteiger partial charge in [0.1, 0.15) is 0 Å². The van der Waals surface area contributed by atoms with Crippen LogP contribution in [-0.2, 0) is 6.54 Å². The van der Waals surface area contributed by atoms with E-state index in [9.17, 15) is 0 Å². The number of benzene rings is 1. The first-order chi connectivity index (χ1) is 10.3. The fourth-order valence-electron chi connectivity index (χ4n) is 1.93. The molecular formula is C16H20ClN3O. The fourth-order valence-corrected chi connectivity index (χ4v) is 2.13. The molecule has 21 heavy (non-hydrogen) atoms. The topological polar surface area (TPSA) is 38.2 Å². The lowest BCUT2D eigenvalue weighted by Gasteiger charge is -2.22.